The summed E-state index contributed by atoms with van der Waals surface area (Å²) in [6, 6.07) is 5.71. The lowest BCUT2D eigenvalue weighted by atomic mass is 10.2. The van der Waals surface area contributed by atoms with Crippen molar-refractivity contribution >= 4 is 21.6 Å². The fraction of sp³-hybridized carbons (Fsp3) is 0.278. The predicted molar refractivity (Wildman–Crippen MR) is 100 cm³/mol. The Balaban J connectivity index is 2.25. The lowest BCUT2D eigenvalue weighted by Gasteiger charge is -2.16. The quantitative estimate of drug-likeness (QED) is 0.370. The molecule has 2 aromatic rings. The van der Waals surface area contributed by atoms with E-state index < -0.39 is 69.4 Å². The molecule has 0 saturated carbocycles. The van der Waals surface area contributed by atoms with E-state index in [1.165, 1.54) is 6.07 Å². The van der Waals surface area contributed by atoms with Crippen LogP contribution in [0.2, 0.25) is 0 Å². The molecule has 0 radical (unpaired) electrons. The van der Waals surface area contributed by atoms with E-state index >= 15 is 0 Å². The maximum atomic E-state index is 13.2. The summed E-state index contributed by atoms with van der Waals surface area (Å²) in [7, 11) is -4.59. The maximum Gasteiger partial charge on any atom is 0.418 e. The highest BCUT2D eigenvalue weighted by Crippen LogP contribution is 2.36. The van der Waals surface area contributed by atoms with Crippen LogP contribution in [0.3, 0.4) is 0 Å². The molecule has 31 heavy (non-hydrogen) atoms. The van der Waals surface area contributed by atoms with Crippen molar-refractivity contribution in [2.75, 3.05) is 17.9 Å². The Morgan fingerprint density at radius 3 is 2.35 bits per heavy atom. The Labute approximate surface area is 174 Å². The highest BCUT2D eigenvalue weighted by molar-refractivity contribution is 7.92. The van der Waals surface area contributed by atoms with Gasteiger partial charge >= 0.3 is 6.18 Å². The van der Waals surface area contributed by atoms with Crippen molar-refractivity contribution in [3.63, 3.8) is 0 Å². The molecule has 0 aliphatic carbocycles. The van der Waals surface area contributed by atoms with Gasteiger partial charge in [-0.15, -0.1) is 0 Å². The van der Waals surface area contributed by atoms with Gasteiger partial charge in [-0.05, 0) is 36.4 Å². The van der Waals surface area contributed by atoms with Gasteiger partial charge in [-0.3, -0.25) is 9.52 Å². The van der Waals surface area contributed by atoms with E-state index in [-0.39, 0.29) is 11.6 Å². The zero-order valence-electron chi connectivity index (χ0n) is 15.6. The van der Waals surface area contributed by atoms with E-state index in [0.717, 1.165) is 18.2 Å². The number of aliphatic hydroxyl groups excluding tert-OH is 3. The van der Waals surface area contributed by atoms with Crippen molar-refractivity contribution in [3.05, 3.63) is 59.4 Å². The summed E-state index contributed by atoms with van der Waals surface area (Å²) in [5.41, 5.74) is -2.63. The van der Waals surface area contributed by atoms with Gasteiger partial charge in [0.25, 0.3) is 15.9 Å². The molecular formula is C18H18F4N2O6S. The summed E-state index contributed by atoms with van der Waals surface area (Å²) in [5, 5.41) is 29.7. The van der Waals surface area contributed by atoms with Gasteiger partial charge in [0.15, 0.2) is 0 Å². The number of sulfonamides is 1. The standard InChI is InChI=1S/C18H18F4N2O6S/c19-11-4-5-14(13(7-11)18(20,21)22)24-31(29,30)12-3-1-2-10(6-12)17(28)23-8-15(26)16(27)9-25/h1-7,15-16,24-27H,8-9H2,(H,23,28). The van der Waals surface area contributed by atoms with E-state index in [1.807, 2.05) is 0 Å². The largest absolute Gasteiger partial charge is 0.418 e. The molecule has 2 unspecified atom stereocenters. The van der Waals surface area contributed by atoms with Gasteiger partial charge < -0.3 is 20.6 Å². The zero-order valence-corrected chi connectivity index (χ0v) is 16.4. The Hall–Kier alpha value is -2.74. The summed E-state index contributed by atoms with van der Waals surface area (Å²) in [6.07, 6.45) is -8.02. The second-order valence-electron chi connectivity index (χ2n) is 6.35. The molecule has 2 aromatic carbocycles. The first-order valence-electron chi connectivity index (χ1n) is 8.60. The van der Waals surface area contributed by atoms with E-state index in [4.69, 9.17) is 5.11 Å². The Morgan fingerprint density at radius 1 is 1.06 bits per heavy atom. The van der Waals surface area contributed by atoms with E-state index in [1.54, 1.807) is 4.72 Å². The molecule has 0 saturated heterocycles. The number of benzene rings is 2. The topological polar surface area (TPSA) is 136 Å². The molecule has 170 valence electrons. The summed E-state index contributed by atoms with van der Waals surface area (Å²) >= 11 is 0. The van der Waals surface area contributed by atoms with Crippen LogP contribution in [-0.4, -0.2) is 55.0 Å². The Kier molecular flexibility index (Phi) is 7.59. The smallest absolute Gasteiger partial charge is 0.394 e. The van der Waals surface area contributed by atoms with Crippen LogP contribution >= 0.6 is 0 Å². The molecule has 0 fully saturated rings. The minimum Gasteiger partial charge on any atom is -0.394 e. The van der Waals surface area contributed by atoms with Crippen molar-refractivity contribution in [2.24, 2.45) is 0 Å². The number of carbonyl (C=O) groups is 1. The zero-order chi connectivity index (χ0) is 23.4. The molecule has 2 atom stereocenters. The Morgan fingerprint density at radius 2 is 1.74 bits per heavy atom. The number of amides is 1. The monoisotopic (exact) mass is 466 g/mol. The average molecular weight is 466 g/mol. The van der Waals surface area contributed by atoms with Crippen molar-refractivity contribution in [1.82, 2.24) is 5.32 Å². The normalized spacial score (nSPS) is 14.0. The molecule has 1 amide bonds. The first-order valence-corrected chi connectivity index (χ1v) is 10.1. The number of hydrogen-bond donors (Lipinski definition) is 5. The number of aliphatic hydroxyl groups is 3. The maximum absolute atomic E-state index is 13.2. The van der Waals surface area contributed by atoms with Crippen LogP contribution in [0.1, 0.15) is 15.9 Å². The lowest BCUT2D eigenvalue weighted by molar-refractivity contribution is -0.137. The SMILES string of the molecule is O=C(NCC(O)C(O)CO)c1cccc(S(=O)(=O)Nc2ccc(F)cc2C(F)(F)F)c1. The van der Waals surface area contributed by atoms with Crippen LogP contribution in [0.5, 0.6) is 0 Å². The van der Waals surface area contributed by atoms with Crippen LogP contribution in [0.15, 0.2) is 47.4 Å². The number of alkyl halides is 3. The molecule has 5 N–H and O–H groups in total. The number of anilines is 1. The van der Waals surface area contributed by atoms with Crippen LogP contribution in [0.4, 0.5) is 23.2 Å². The number of hydrogen-bond acceptors (Lipinski definition) is 6. The lowest BCUT2D eigenvalue weighted by Crippen LogP contribution is -2.40. The highest BCUT2D eigenvalue weighted by Gasteiger charge is 2.35. The fourth-order valence-corrected chi connectivity index (χ4v) is 3.53. The fourth-order valence-electron chi connectivity index (χ4n) is 2.41. The molecule has 0 aliphatic rings. The van der Waals surface area contributed by atoms with Crippen LogP contribution in [0.25, 0.3) is 0 Å². The number of nitrogens with one attached hydrogen (secondary N) is 2. The average Bonchev–Trinajstić information content (AvgIpc) is 2.71. The van der Waals surface area contributed by atoms with Crippen LogP contribution < -0.4 is 10.0 Å². The molecular weight excluding hydrogens is 448 g/mol. The first-order chi connectivity index (χ1) is 14.3. The van der Waals surface area contributed by atoms with Gasteiger partial charge in [-0.2, -0.15) is 13.2 Å². The summed E-state index contributed by atoms with van der Waals surface area (Å²) < 4.78 is 79.3. The van der Waals surface area contributed by atoms with Gasteiger partial charge in [-0.1, -0.05) is 6.07 Å². The molecule has 0 aromatic heterocycles. The predicted octanol–water partition coefficient (Wildman–Crippen LogP) is 1.09. The van der Waals surface area contributed by atoms with Gasteiger partial charge in [0.05, 0.1) is 28.9 Å². The third kappa shape index (κ3) is 6.37. The number of halogens is 4. The van der Waals surface area contributed by atoms with Crippen molar-refractivity contribution in [2.45, 2.75) is 23.3 Å². The van der Waals surface area contributed by atoms with E-state index in [0.29, 0.717) is 12.1 Å². The summed E-state index contributed by atoms with van der Waals surface area (Å²) in [5.74, 6) is -2.05. The van der Waals surface area contributed by atoms with Crippen molar-refractivity contribution < 1.29 is 46.1 Å². The second kappa shape index (κ2) is 9.60. The summed E-state index contributed by atoms with van der Waals surface area (Å²) in [4.78, 5) is 11.6. The molecule has 13 heteroatoms. The van der Waals surface area contributed by atoms with Crippen molar-refractivity contribution in [3.8, 4) is 0 Å². The van der Waals surface area contributed by atoms with Crippen LogP contribution in [-0.2, 0) is 16.2 Å². The molecule has 2 rings (SSSR count). The highest BCUT2D eigenvalue weighted by atomic mass is 32.2. The Bertz CT molecular complexity index is 1050. The van der Waals surface area contributed by atoms with E-state index in [9.17, 15) is 41.0 Å². The van der Waals surface area contributed by atoms with Crippen molar-refractivity contribution in [1.29, 1.82) is 0 Å². The molecule has 8 nitrogen and oxygen atoms in total. The van der Waals surface area contributed by atoms with Gasteiger partial charge in [0.2, 0.25) is 0 Å². The number of carbonyl (C=O) groups excluding carboxylic acids is 1. The van der Waals surface area contributed by atoms with E-state index in [2.05, 4.69) is 5.32 Å². The second-order valence-corrected chi connectivity index (χ2v) is 8.03. The van der Waals surface area contributed by atoms with Crippen LogP contribution in [0, 0.1) is 5.82 Å². The molecule has 0 aliphatic heterocycles. The third-order valence-corrected chi connectivity index (χ3v) is 5.40. The minimum absolute atomic E-state index is 0.147. The summed E-state index contributed by atoms with van der Waals surface area (Å²) in [6.45, 7) is -1.21. The van der Waals surface area contributed by atoms with Gasteiger partial charge in [-0.25, -0.2) is 12.8 Å². The third-order valence-electron chi connectivity index (χ3n) is 4.04. The molecule has 0 spiro atoms. The van der Waals surface area contributed by atoms with Gasteiger partial charge in [0, 0.05) is 12.1 Å². The molecule has 0 bridgehead atoms. The van der Waals surface area contributed by atoms with Gasteiger partial charge in [0.1, 0.15) is 11.9 Å². The number of rotatable bonds is 8. The first kappa shape index (κ1) is 24.5. The minimum atomic E-state index is -5.03. The molecule has 0 heterocycles.